The molecular weight excluding hydrogens is 568 g/mol. The van der Waals surface area contributed by atoms with Crippen LogP contribution in [0.15, 0.2) is 62.0 Å². The lowest BCUT2D eigenvalue weighted by atomic mass is 10.1. The SMILES string of the molecule is Cc1ccc(S(=O)(=O)Nc2ccc(S(=O)(=O)O)c3cc(S(=O)(=O)O)cc(S(=O)(=O)O)c23)cc1[N+](=O)[O-]. The van der Waals surface area contributed by atoms with Gasteiger partial charge in [0.1, 0.15) is 9.79 Å². The van der Waals surface area contributed by atoms with E-state index in [1.165, 1.54) is 6.92 Å². The molecule has 0 bridgehead atoms. The number of anilines is 1. The van der Waals surface area contributed by atoms with E-state index in [0.29, 0.717) is 24.3 Å². The first-order valence-electron chi connectivity index (χ1n) is 9.04. The van der Waals surface area contributed by atoms with Crippen LogP contribution in [0.3, 0.4) is 0 Å². The summed E-state index contributed by atoms with van der Waals surface area (Å²) >= 11 is 0. The maximum atomic E-state index is 13.0. The number of sulfonamides is 1. The average molecular weight is 583 g/mol. The minimum absolute atomic E-state index is 0.119. The van der Waals surface area contributed by atoms with Crippen LogP contribution >= 0.6 is 0 Å². The van der Waals surface area contributed by atoms with Crippen LogP contribution in [0.2, 0.25) is 0 Å². The molecule has 0 radical (unpaired) electrons. The van der Waals surface area contributed by atoms with E-state index in [1.807, 2.05) is 4.72 Å². The first kappa shape index (κ1) is 27.4. The van der Waals surface area contributed by atoms with Gasteiger partial charge in [0.2, 0.25) is 0 Å². The predicted molar refractivity (Wildman–Crippen MR) is 122 cm³/mol. The Morgan fingerprint density at radius 1 is 0.750 bits per heavy atom. The van der Waals surface area contributed by atoms with E-state index in [1.54, 1.807) is 0 Å². The fourth-order valence-electron chi connectivity index (χ4n) is 3.21. The number of rotatable bonds is 7. The van der Waals surface area contributed by atoms with Gasteiger partial charge in [-0.25, -0.2) is 8.42 Å². The van der Waals surface area contributed by atoms with Gasteiger partial charge in [-0.3, -0.25) is 28.5 Å². The highest BCUT2D eigenvalue weighted by molar-refractivity contribution is 7.92. The van der Waals surface area contributed by atoms with E-state index in [-0.39, 0.29) is 11.6 Å². The van der Waals surface area contributed by atoms with Crippen molar-refractivity contribution in [3.63, 3.8) is 0 Å². The molecule has 0 heterocycles. The molecule has 0 aromatic heterocycles. The second kappa shape index (κ2) is 8.73. The molecule has 19 heteroatoms. The van der Waals surface area contributed by atoms with Gasteiger partial charge < -0.3 is 0 Å². The van der Waals surface area contributed by atoms with Crippen molar-refractivity contribution in [3.05, 3.63) is 58.1 Å². The number of nitro groups is 1. The van der Waals surface area contributed by atoms with E-state index < -0.39 is 87.0 Å². The van der Waals surface area contributed by atoms with E-state index in [0.717, 1.165) is 12.1 Å². The summed E-state index contributed by atoms with van der Waals surface area (Å²) in [6.45, 7) is 1.34. The van der Waals surface area contributed by atoms with Crippen molar-refractivity contribution in [1.29, 1.82) is 0 Å². The minimum Gasteiger partial charge on any atom is -0.282 e. The van der Waals surface area contributed by atoms with Crippen LogP contribution in [0.25, 0.3) is 10.8 Å². The third-order valence-electron chi connectivity index (χ3n) is 4.80. The molecule has 0 aliphatic heterocycles. The summed E-state index contributed by atoms with van der Waals surface area (Å²) in [5, 5.41) is 9.37. The number of nitrogens with zero attached hydrogens (tertiary/aromatic N) is 1. The zero-order valence-electron chi connectivity index (χ0n) is 17.5. The van der Waals surface area contributed by atoms with Gasteiger partial charge >= 0.3 is 0 Å². The van der Waals surface area contributed by atoms with Gasteiger partial charge in [-0.1, -0.05) is 6.07 Å². The van der Waals surface area contributed by atoms with Crippen molar-refractivity contribution in [1.82, 2.24) is 0 Å². The Balaban J connectivity index is 2.44. The number of hydrogen-bond donors (Lipinski definition) is 4. The highest BCUT2D eigenvalue weighted by atomic mass is 32.2. The van der Waals surface area contributed by atoms with Crippen molar-refractivity contribution in [2.24, 2.45) is 0 Å². The van der Waals surface area contributed by atoms with Crippen LogP contribution < -0.4 is 4.72 Å². The number of benzene rings is 3. The second-order valence-electron chi connectivity index (χ2n) is 7.19. The number of nitrogens with one attached hydrogen (secondary N) is 1. The van der Waals surface area contributed by atoms with Crippen LogP contribution in [0.1, 0.15) is 5.56 Å². The Morgan fingerprint density at radius 2 is 1.33 bits per heavy atom. The molecular formula is C17H14N2O13S4. The number of nitro benzene ring substituents is 1. The standard InChI is InChI=1S/C17H14N2O13S4/c1-9-2-3-10(7-14(9)19(20)21)33(22,23)18-13-4-5-15(35(27,28)29)12-6-11(34(24,25)26)8-16(17(12)13)36(30,31)32/h2-8,18H,1H3,(H,24,25,26)(H,27,28,29)(H,30,31,32). The van der Waals surface area contributed by atoms with Crippen LogP contribution in [-0.2, 0) is 40.4 Å². The first-order chi connectivity index (χ1) is 16.2. The summed E-state index contributed by atoms with van der Waals surface area (Å²) in [6.07, 6.45) is 0. The second-order valence-corrected chi connectivity index (χ2v) is 13.1. The average Bonchev–Trinajstić information content (AvgIpc) is 2.70. The fourth-order valence-corrected chi connectivity index (χ4v) is 6.35. The lowest BCUT2D eigenvalue weighted by Gasteiger charge is -2.16. The molecule has 15 nitrogen and oxygen atoms in total. The topological polar surface area (TPSA) is 252 Å². The molecule has 0 atom stereocenters. The Kier molecular flexibility index (Phi) is 6.64. The van der Waals surface area contributed by atoms with E-state index in [9.17, 15) is 57.4 Å². The summed E-state index contributed by atoms with van der Waals surface area (Å²) in [5.41, 5.74) is -1.18. The van der Waals surface area contributed by atoms with Crippen molar-refractivity contribution in [2.45, 2.75) is 26.5 Å². The van der Waals surface area contributed by atoms with Gasteiger partial charge in [-0.15, -0.1) is 0 Å². The molecule has 0 saturated carbocycles. The van der Waals surface area contributed by atoms with Crippen LogP contribution in [0, 0.1) is 17.0 Å². The molecule has 3 rings (SSSR count). The van der Waals surface area contributed by atoms with Crippen molar-refractivity contribution >= 4 is 62.5 Å². The molecule has 0 aliphatic carbocycles. The summed E-state index contributed by atoms with van der Waals surface area (Å²) < 4.78 is 127. The third kappa shape index (κ3) is 5.31. The molecule has 4 N–H and O–H groups in total. The lowest BCUT2D eigenvalue weighted by molar-refractivity contribution is -0.385. The highest BCUT2D eigenvalue weighted by Crippen LogP contribution is 2.38. The van der Waals surface area contributed by atoms with Gasteiger partial charge in [0, 0.05) is 22.4 Å². The summed E-state index contributed by atoms with van der Waals surface area (Å²) in [6, 6.07) is 4.74. The van der Waals surface area contributed by atoms with Crippen LogP contribution in [0.4, 0.5) is 11.4 Å². The monoisotopic (exact) mass is 582 g/mol. The number of aryl methyl sites for hydroxylation is 1. The molecule has 36 heavy (non-hydrogen) atoms. The smallest absolute Gasteiger partial charge is 0.282 e. The number of fused-ring (bicyclic) bond motifs is 1. The van der Waals surface area contributed by atoms with E-state index >= 15 is 0 Å². The van der Waals surface area contributed by atoms with Gasteiger partial charge in [0.05, 0.1) is 20.4 Å². The summed E-state index contributed by atoms with van der Waals surface area (Å²) in [4.78, 5) is 6.03. The largest absolute Gasteiger partial charge is 0.295 e. The maximum Gasteiger partial charge on any atom is 0.295 e. The van der Waals surface area contributed by atoms with Gasteiger partial charge in [0.15, 0.2) is 0 Å². The minimum atomic E-state index is -5.42. The molecule has 3 aromatic rings. The molecule has 194 valence electrons. The van der Waals surface area contributed by atoms with E-state index in [4.69, 9.17) is 0 Å². The number of hydrogen-bond acceptors (Lipinski definition) is 10. The van der Waals surface area contributed by atoms with Crippen LogP contribution in [0.5, 0.6) is 0 Å². The van der Waals surface area contributed by atoms with Crippen molar-refractivity contribution < 1.29 is 52.3 Å². The molecule has 3 aromatic carbocycles. The van der Waals surface area contributed by atoms with Crippen LogP contribution in [-0.4, -0.2) is 52.3 Å². The Morgan fingerprint density at radius 3 is 1.83 bits per heavy atom. The Bertz CT molecular complexity index is 1880. The zero-order valence-corrected chi connectivity index (χ0v) is 20.8. The molecule has 0 saturated heterocycles. The quantitative estimate of drug-likeness (QED) is 0.176. The van der Waals surface area contributed by atoms with E-state index in [2.05, 4.69) is 0 Å². The Labute approximate surface area is 203 Å². The fraction of sp³-hybridized carbons (Fsp3) is 0.0588. The van der Waals surface area contributed by atoms with Gasteiger partial charge in [-0.05, 0) is 37.3 Å². The van der Waals surface area contributed by atoms with Crippen molar-refractivity contribution in [3.8, 4) is 0 Å². The zero-order chi connectivity index (χ0) is 27.4. The molecule has 0 unspecified atom stereocenters. The predicted octanol–water partition coefficient (Wildman–Crippen LogP) is 1.60. The normalized spacial score (nSPS) is 13.0. The van der Waals surface area contributed by atoms with Gasteiger partial charge in [-0.2, -0.15) is 25.3 Å². The molecule has 0 aliphatic rings. The third-order valence-corrected chi connectivity index (χ3v) is 8.78. The highest BCUT2D eigenvalue weighted by Gasteiger charge is 2.28. The van der Waals surface area contributed by atoms with Gasteiger partial charge in [0.25, 0.3) is 46.1 Å². The summed E-state index contributed by atoms with van der Waals surface area (Å²) in [5.74, 6) is 0. The maximum absolute atomic E-state index is 13.0. The lowest BCUT2D eigenvalue weighted by Crippen LogP contribution is -2.15. The molecule has 0 fully saturated rings. The van der Waals surface area contributed by atoms with Crippen molar-refractivity contribution in [2.75, 3.05) is 4.72 Å². The molecule has 0 amide bonds. The Hall–Kier alpha value is -3.20. The first-order valence-corrected chi connectivity index (χ1v) is 14.8. The summed E-state index contributed by atoms with van der Waals surface area (Å²) in [7, 11) is -20.5. The molecule has 0 spiro atoms.